The molecule has 3 heterocycles. The summed E-state index contributed by atoms with van der Waals surface area (Å²) in [5.74, 6) is -0.259. The smallest absolute Gasteiger partial charge is 0.125 e. The quantitative estimate of drug-likeness (QED) is 0.174. The Morgan fingerprint density at radius 3 is 1.60 bits per heavy atom. The maximum Gasteiger partial charge on any atom is 0.125 e. The Morgan fingerprint density at radius 1 is 0.396 bits per heavy atom. The summed E-state index contributed by atoms with van der Waals surface area (Å²) in [5, 5.41) is 7.17. The molecular formula is C48H30FN3S. The van der Waals surface area contributed by atoms with Gasteiger partial charge in [-0.3, -0.25) is 0 Å². The van der Waals surface area contributed by atoms with Crippen molar-refractivity contribution in [3.63, 3.8) is 0 Å². The Balaban J connectivity index is 1.23. The predicted molar refractivity (Wildman–Crippen MR) is 223 cm³/mol. The number of halogens is 1. The van der Waals surface area contributed by atoms with Crippen molar-refractivity contribution in [2.75, 3.05) is 4.90 Å². The molecular weight excluding hydrogens is 670 g/mol. The minimum atomic E-state index is -0.259. The molecule has 0 aliphatic rings. The molecule has 0 amide bonds. The van der Waals surface area contributed by atoms with Gasteiger partial charge in [-0.05, 0) is 78.9 Å². The van der Waals surface area contributed by atoms with Crippen molar-refractivity contribution < 1.29 is 4.39 Å². The van der Waals surface area contributed by atoms with Gasteiger partial charge in [-0.2, -0.15) is 0 Å². The second-order valence-electron chi connectivity index (χ2n) is 13.5. The van der Waals surface area contributed by atoms with Crippen molar-refractivity contribution in [2.24, 2.45) is 0 Å². The molecule has 0 saturated carbocycles. The molecule has 0 N–H and O–H groups in total. The number of thiophene rings is 1. The van der Waals surface area contributed by atoms with E-state index in [-0.39, 0.29) is 5.82 Å². The van der Waals surface area contributed by atoms with Crippen LogP contribution in [-0.2, 0) is 0 Å². The lowest BCUT2D eigenvalue weighted by Gasteiger charge is -2.27. The molecule has 3 aromatic heterocycles. The molecule has 0 bridgehead atoms. The summed E-state index contributed by atoms with van der Waals surface area (Å²) in [6.45, 7) is 0. The second-order valence-corrected chi connectivity index (χ2v) is 14.6. The zero-order valence-corrected chi connectivity index (χ0v) is 29.3. The number of benzene rings is 8. The minimum absolute atomic E-state index is 0.259. The zero-order valence-electron chi connectivity index (χ0n) is 28.4. The molecule has 11 rings (SSSR count). The first kappa shape index (κ1) is 30.0. The Hall–Kier alpha value is -6.69. The highest BCUT2D eigenvalue weighted by molar-refractivity contribution is 7.26. The molecule has 0 aliphatic carbocycles. The maximum atomic E-state index is 14.8. The average molecular weight is 700 g/mol. The lowest BCUT2D eigenvalue weighted by Crippen LogP contribution is -2.10. The van der Waals surface area contributed by atoms with Crippen molar-refractivity contribution in [1.82, 2.24) is 9.13 Å². The lowest BCUT2D eigenvalue weighted by atomic mass is 10.1. The molecule has 0 atom stereocenters. The molecule has 0 spiro atoms. The van der Waals surface area contributed by atoms with Crippen molar-refractivity contribution >= 4 is 92.2 Å². The first-order valence-corrected chi connectivity index (χ1v) is 18.6. The first-order chi connectivity index (χ1) is 26.2. The number of hydrogen-bond acceptors (Lipinski definition) is 2. The minimum Gasteiger partial charge on any atom is -0.309 e. The van der Waals surface area contributed by atoms with Crippen molar-refractivity contribution in [3.8, 4) is 11.4 Å². The maximum absolute atomic E-state index is 14.8. The van der Waals surface area contributed by atoms with Crippen molar-refractivity contribution in [1.29, 1.82) is 0 Å². The average Bonchev–Trinajstić information content (AvgIpc) is 3.86. The van der Waals surface area contributed by atoms with Crippen LogP contribution < -0.4 is 4.90 Å². The molecule has 250 valence electrons. The van der Waals surface area contributed by atoms with Crippen molar-refractivity contribution in [2.45, 2.75) is 0 Å². The van der Waals surface area contributed by atoms with Crippen molar-refractivity contribution in [3.05, 3.63) is 188 Å². The molecule has 0 saturated heterocycles. The van der Waals surface area contributed by atoms with Crippen LogP contribution in [0.25, 0.3) is 75.2 Å². The monoisotopic (exact) mass is 699 g/mol. The molecule has 0 fully saturated rings. The van der Waals surface area contributed by atoms with Crippen LogP contribution in [0, 0.1) is 5.82 Å². The van der Waals surface area contributed by atoms with Crippen LogP contribution in [0.2, 0.25) is 0 Å². The number of hydrogen-bond donors (Lipinski definition) is 0. The van der Waals surface area contributed by atoms with E-state index in [4.69, 9.17) is 0 Å². The number of para-hydroxylation sites is 3. The van der Waals surface area contributed by atoms with E-state index >= 15 is 0 Å². The molecule has 0 radical (unpaired) electrons. The van der Waals surface area contributed by atoms with E-state index in [0.29, 0.717) is 0 Å². The van der Waals surface area contributed by atoms with Crippen LogP contribution in [0.3, 0.4) is 0 Å². The molecule has 3 nitrogen and oxygen atoms in total. The standard InChI is InChI=1S/C48H30FN3S/c49-31-12-10-15-33(28-31)52-43-21-8-5-17-37(43)39-27-25-35(30-46(39)52)50(44-22-11-19-41-40-18-6-9-23-47(40)53-48(41)44)34-24-26-38-36-16-4-7-20-42(36)51(45(38)29-34)32-13-2-1-3-14-32/h1-30H. The van der Waals surface area contributed by atoms with Gasteiger partial charge in [0.25, 0.3) is 0 Å². The van der Waals surface area contributed by atoms with Gasteiger partial charge in [-0.15, -0.1) is 11.3 Å². The highest BCUT2D eigenvalue weighted by Gasteiger charge is 2.22. The SMILES string of the molecule is Fc1cccc(-n2c3ccccc3c3ccc(N(c4ccc5c6ccccc6n(-c6ccccc6)c5c4)c4cccc5c4sc4ccccc45)cc32)c1. The van der Waals surface area contributed by atoms with Crippen LogP contribution >= 0.6 is 11.3 Å². The molecule has 11 aromatic rings. The van der Waals surface area contributed by atoms with Crippen LogP contribution in [-0.4, -0.2) is 9.13 Å². The molecule has 0 unspecified atom stereocenters. The van der Waals surface area contributed by atoms with E-state index in [1.807, 2.05) is 23.5 Å². The molecule has 8 aromatic carbocycles. The summed E-state index contributed by atoms with van der Waals surface area (Å²) in [4.78, 5) is 2.40. The summed E-state index contributed by atoms with van der Waals surface area (Å²) in [7, 11) is 0. The van der Waals surface area contributed by atoms with Gasteiger partial charge in [0.15, 0.2) is 0 Å². The number of aromatic nitrogens is 2. The highest BCUT2D eigenvalue weighted by Crippen LogP contribution is 2.47. The van der Waals surface area contributed by atoms with Crippen LogP contribution in [0.1, 0.15) is 0 Å². The molecule has 0 aliphatic heterocycles. The molecule has 53 heavy (non-hydrogen) atoms. The van der Waals surface area contributed by atoms with Gasteiger partial charge in [-0.25, -0.2) is 4.39 Å². The fourth-order valence-electron chi connectivity index (χ4n) is 8.28. The first-order valence-electron chi connectivity index (χ1n) is 17.8. The van der Waals surface area contributed by atoms with Gasteiger partial charge < -0.3 is 14.0 Å². The highest BCUT2D eigenvalue weighted by atomic mass is 32.1. The van der Waals surface area contributed by atoms with E-state index in [1.54, 1.807) is 12.1 Å². The third kappa shape index (κ3) is 4.57. The number of anilines is 3. The van der Waals surface area contributed by atoms with Gasteiger partial charge in [0.2, 0.25) is 0 Å². The largest absolute Gasteiger partial charge is 0.309 e. The van der Waals surface area contributed by atoms with E-state index < -0.39 is 0 Å². The number of rotatable bonds is 5. The summed E-state index contributed by atoms with van der Waals surface area (Å²) in [6, 6.07) is 63.4. The van der Waals surface area contributed by atoms with E-state index in [2.05, 4.69) is 166 Å². The number of fused-ring (bicyclic) bond motifs is 9. The Kier molecular flexibility index (Phi) is 6.60. The van der Waals surface area contributed by atoms with E-state index in [0.717, 1.165) is 55.8 Å². The van der Waals surface area contributed by atoms with Gasteiger partial charge in [0.05, 0.1) is 32.5 Å². The summed E-state index contributed by atoms with van der Waals surface area (Å²) < 4.78 is 21.8. The van der Waals surface area contributed by atoms with Gasteiger partial charge >= 0.3 is 0 Å². The predicted octanol–water partition coefficient (Wildman–Crippen LogP) is 13.9. The van der Waals surface area contributed by atoms with Crippen LogP contribution in [0.4, 0.5) is 21.5 Å². The van der Waals surface area contributed by atoms with Gasteiger partial charge in [-0.1, -0.05) is 103 Å². The Morgan fingerprint density at radius 2 is 0.925 bits per heavy atom. The van der Waals surface area contributed by atoms with Gasteiger partial charge in [0, 0.05) is 59.8 Å². The fraction of sp³-hybridized carbons (Fsp3) is 0. The Labute approximate surface area is 308 Å². The van der Waals surface area contributed by atoms with E-state index in [1.165, 1.54) is 42.5 Å². The summed E-state index contributed by atoms with van der Waals surface area (Å²) in [6.07, 6.45) is 0. The lowest BCUT2D eigenvalue weighted by molar-refractivity contribution is 0.627. The third-order valence-electron chi connectivity index (χ3n) is 10.5. The van der Waals surface area contributed by atoms with Gasteiger partial charge in [0.1, 0.15) is 5.82 Å². The fourth-order valence-corrected chi connectivity index (χ4v) is 9.49. The normalized spacial score (nSPS) is 11.9. The second kappa shape index (κ2) is 11.7. The zero-order chi connectivity index (χ0) is 35.0. The summed E-state index contributed by atoms with van der Waals surface area (Å²) >= 11 is 1.83. The topological polar surface area (TPSA) is 13.1 Å². The van der Waals surface area contributed by atoms with Crippen LogP contribution in [0.5, 0.6) is 0 Å². The Bertz CT molecular complexity index is 3210. The van der Waals surface area contributed by atoms with Crippen LogP contribution in [0.15, 0.2) is 182 Å². The third-order valence-corrected chi connectivity index (χ3v) is 11.7. The molecule has 5 heteroatoms. The number of nitrogens with zero attached hydrogens (tertiary/aromatic N) is 3. The summed E-state index contributed by atoms with van der Waals surface area (Å²) in [5.41, 5.74) is 9.45. The van der Waals surface area contributed by atoms with E-state index in [9.17, 15) is 4.39 Å².